The number of amides is 2. The van der Waals surface area contributed by atoms with Gasteiger partial charge in [-0.05, 0) is 18.4 Å². The minimum atomic E-state index is -0.335. The Morgan fingerprint density at radius 1 is 1.32 bits per heavy atom. The van der Waals surface area contributed by atoms with Crippen LogP contribution in [-0.2, 0) is 9.59 Å². The molecule has 5 heteroatoms. The number of nitrogens with zero attached hydrogens (tertiary/aromatic N) is 1. The maximum Gasteiger partial charge on any atom is 0.237 e. The molecule has 1 heterocycles. The Kier molecular flexibility index (Phi) is 4.27. The van der Waals surface area contributed by atoms with E-state index in [1.165, 1.54) is 4.90 Å². The minimum absolute atomic E-state index is 0.109. The van der Waals surface area contributed by atoms with Crippen molar-refractivity contribution in [2.24, 2.45) is 5.73 Å². The van der Waals surface area contributed by atoms with Crippen LogP contribution in [0.25, 0.3) is 0 Å². The van der Waals surface area contributed by atoms with Gasteiger partial charge in [0, 0.05) is 13.0 Å². The topological polar surface area (TPSA) is 63.4 Å². The second kappa shape index (κ2) is 5.93. The summed E-state index contributed by atoms with van der Waals surface area (Å²) in [7, 11) is 0. The number of rotatable bonds is 5. The number of carbonyl (C=O) groups excluding carboxylic acids is 2. The number of carbonyl (C=O) groups is 2. The summed E-state index contributed by atoms with van der Waals surface area (Å²) in [6, 6.07) is 9.42. The van der Waals surface area contributed by atoms with Crippen molar-refractivity contribution in [2.45, 2.75) is 25.2 Å². The summed E-state index contributed by atoms with van der Waals surface area (Å²) in [5.74, 6) is -0.556. The molecule has 1 aliphatic rings. The fourth-order valence-electron chi connectivity index (χ4n) is 2.28. The highest BCUT2D eigenvalue weighted by atomic mass is 32.1. The summed E-state index contributed by atoms with van der Waals surface area (Å²) in [5.41, 5.74) is 6.31. The summed E-state index contributed by atoms with van der Waals surface area (Å²) in [4.78, 5) is 25.9. The van der Waals surface area contributed by atoms with Gasteiger partial charge in [-0.1, -0.05) is 42.5 Å². The molecule has 0 radical (unpaired) electrons. The molecule has 2 amide bonds. The first kappa shape index (κ1) is 13.7. The molecule has 0 aromatic heterocycles. The third kappa shape index (κ3) is 3.17. The SMILES string of the molecule is NC(=S)CCCN1C(=O)CC(c2ccccc2)C1=O. The van der Waals surface area contributed by atoms with E-state index in [0.717, 1.165) is 5.56 Å². The molecule has 0 aliphatic carbocycles. The van der Waals surface area contributed by atoms with Crippen LogP contribution in [0.3, 0.4) is 0 Å². The lowest BCUT2D eigenvalue weighted by Crippen LogP contribution is -2.31. The fraction of sp³-hybridized carbons (Fsp3) is 0.357. The standard InChI is InChI=1S/C14H16N2O2S/c15-12(19)7-4-8-16-13(17)9-11(14(16)18)10-5-2-1-3-6-10/h1-3,5-6,11H,4,7-9H2,(H2,15,19). The van der Waals surface area contributed by atoms with Crippen molar-refractivity contribution in [2.75, 3.05) is 6.54 Å². The maximum absolute atomic E-state index is 12.2. The van der Waals surface area contributed by atoms with Crippen LogP contribution in [0.2, 0.25) is 0 Å². The average molecular weight is 276 g/mol. The Labute approximate surface area is 117 Å². The van der Waals surface area contributed by atoms with Gasteiger partial charge in [0.15, 0.2) is 0 Å². The molecule has 2 rings (SSSR count). The fourth-order valence-corrected chi connectivity index (χ4v) is 2.42. The number of nitrogens with two attached hydrogens (primary N) is 1. The Balaban J connectivity index is 2.02. The number of hydrogen-bond acceptors (Lipinski definition) is 3. The summed E-state index contributed by atoms with van der Waals surface area (Å²) >= 11 is 4.78. The first-order valence-corrected chi connectivity index (χ1v) is 6.68. The molecular weight excluding hydrogens is 260 g/mol. The monoisotopic (exact) mass is 276 g/mol. The zero-order valence-electron chi connectivity index (χ0n) is 10.5. The van der Waals surface area contributed by atoms with E-state index in [9.17, 15) is 9.59 Å². The number of thiocarbonyl (C=S) groups is 1. The van der Waals surface area contributed by atoms with Gasteiger partial charge in [-0.3, -0.25) is 14.5 Å². The first-order chi connectivity index (χ1) is 9.09. The van der Waals surface area contributed by atoms with Gasteiger partial charge in [0.05, 0.1) is 10.9 Å². The zero-order valence-corrected chi connectivity index (χ0v) is 11.4. The van der Waals surface area contributed by atoms with E-state index in [0.29, 0.717) is 24.4 Å². The molecule has 1 unspecified atom stereocenters. The Morgan fingerprint density at radius 2 is 2.00 bits per heavy atom. The highest BCUT2D eigenvalue weighted by Gasteiger charge is 2.38. The third-order valence-electron chi connectivity index (χ3n) is 3.25. The van der Waals surface area contributed by atoms with Crippen molar-refractivity contribution in [3.63, 3.8) is 0 Å². The van der Waals surface area contributed by atoms with Gasteiger partial charge in [0.2, 0.25) is 11.8 Å². The van der Waals surface area contributed by atoms with Gasteiger partial charge in [-0.2, -0.15) is 0 Å². The lowest BCUT2D eigenvalue weighted by Gasteiger charge is -2.14. The van der Waals surface area contributed by atoms with Crippen LogP contribution in [0.4, 0.5) is 0 Å². The second-order valence-corrected chi connectivity index (χ2v) is 5.15. The van der Waals surface area contributed by atoms with Crippen LogP contribution in [0.15, 0.2) is 30.3 Å². The molecule has 0 bridgehead atoms. The van der Waals surface area contributed by atoms with Crippen LogP contribution in [0.5, 0.6) is 0 Å². The molecule has 1 fully saturated rings. The molecule has 1 saturated heterocycles. The lowest BCUT2D eigenvalue weighted by atomic mass is 9.98. The Morgan fingerprint density at radius 3 is 2.63 bits per heavy atom. The van der Waals surface area contributed by atoms with Gasteiger partial charge in [0.25, 0.3) is 0 Å². The smallest absolute Gasteiger partial charge is 0.237 e. The van der Waals surface area contributed by atoms with Crippen LogP contribution >= 0.6 is 12.2 Å². The number of likely N-dealkylation sites (tertiary alicyclic amines) is 1. The molecule has 1 aromatic carbocycles. The average Bonchev–Trinajstić information content (AvgIpc) is 2.67. The van der Waals surface area contributed by atoms with Crippen molar-refractivity contribution in [1.82, 2.24) is 4.90 Å². The van der Waals surface area contributed by atoms with Gasteiger partial charge < -0.3 is 5.73 Å². The van der Waals surface area contributed by atoms with E-state index < -0.39 is 0 Å². The largest absolute Gasteiger partial charge is 0.393 e. The van der Waals surface area contributed by atoms with Crippen molar-refractivity contribution in [1.29, 1.82) is 0 Å². The van der Waals surface area contributed by atoms with Crippen molar-refractivity contribution in [3.8, 4) is 0 Å². The zero-order chi connectivity index (χ0) is 13.8. The van der Waals surface area contributed by atoms with Crippen molar-refractivity contribution >= 4 is 29.0 Å². The van der Waals surface area contributed by atoms with E-state index in [4.69, 9.17) is 18.0 Å². The maximum atomic E-state index is 12.2. The number of benzene rings is 1. The summed E-state index contributed by atoms with van der Waals surface area (Å²) in [6.45, 7) is 0.401. The number of hydrogen-bond donors (Lipinski definition) is 1. The Bertz CT molecular complexity index is 501. The molecule has 4 nitrogen and oxygen atoms in total. The predicted molar refractivity (Wildman–Crippen MR) is 76.5 cm³/mol. The van der Waals surface area contributed by atoms with E-state index >= 15 is 0 Å². The van der Waals surface area contributed by atoms with Crippen LogP contribution in [0, 0.1) is 0 Å². The van der Waals surface area contributed by atoms with E-state index in [2.05, 4.69) is 0 Å². The molecule has 0 saturated carbocycles. The molecule has 1 aliphatic heterocycles. The summed E-state index contributed by atoms with van der Waals surface area (Å²) < 4.78 is 0. The molecule has 100 valence electrons. The summed E-state index contributed by atoms with van der Waals surface area (Å²) in [6.07, 6.45) is 1.45. The number of imide groups is 1. The highest BCUT2D eigenvalue weighted by Crippen LogP contribution is 2.29. The summed E-state index contributed by atoms with van der Waals surface area (Å²) in [5, 5.41) is 0. The van der Waals surface area contributed by atoms with Gasteiger partial charge in [-0.15, -0.1) is 0 Å². The van der Waals surface area contributed by atoms with Crippen LogP contribution in [0.1, 0.15) is 30.7 Å². The molecule has 19 heavy (non-hydrogen) atoms. The van der Waals surface area contributed by atoms with Crippen molar-refractivity contribution < 1.29 is 9.59 Å². The Hall–Kier alpha value is -1.75. The molecule has 0 spiro atoms. The minimum Gasteiger partial charge on any atom is -0.393 e. The van der Waals surface area contributed by atoms with E-state index in [-0.39, 0.29) is 24.2 Å². The van der Waals surface area contributed by atoms with Gasteiger partial charge in [0.1, 0.15) is 0 Å². The molecule has 1 atom stereocenters. The van der Waals surface area contributed by atoms with Gasteiger partial charge >= 0.3 is 0 Å². The molecule has 1 aromatic rings. The van der Waals surface area contributed by atoms with E-state index in [1.807, 2.05) is 30.3 Å². The first-order valence-electron chi connectivity index (χ1n) is 6.27. The highest BCUT2D eigenvalue weighted by molar-refractivity contribution is 7.80. The second-order valence-electron chi connectivity index (χ2n) is 4.62. The van der Waals surface area contributed by atoms with Crippen LogP contribution in [-0.4, -0.2) is 28.2 Å². The molecule has 2 N–H and O–H groups in total. The van der Waals surface area contributed by atoms with Gasteiger partial charge in [-0.25, -0.2) is 0 Å². The lowest BCUT2D eigenvalue weighted by molar-refractivity contribution is -0.138. The van der Waals surface area contributed by atoms with E-state index in [1.54, 1.807) is 0 Å². The third-order valence-corrected chi connectivity index (χ3v) is 3.45. The predicted octanol–water partition coefficient (Wildman–Crippen LogP) is 1.60. The molecular formula is C14H16N2O2S. The van der Waals surface area contributed by atoms with Crippen molar-refractivity contribution in [3.05, 3.63) is 35.9 Å². The van der Waals surface area contributed by atoms with Crippen LogP contribution < -0.4 is 5.73 Å². The normalized spacial score (nSPS) is 18.9. The quantitative estimate of drug-likeness (QED) is 0.655.